The van der Waals surface area contributed by atoms with E-state index in [-0.39, 0.29) is 18.8 Å². The number of ether oxygens (including phenoxy) is 4. The van der Waals surface area contributed by atoms with E-state index in [1.165, 1.54) is 23.0 Å². The van der Waals surface area contributed by atoms with Gasteiger partial charge in [-0.2, -0.15) is 0 Å². The molecule has 0 aliphatic carbocycles. The molecule has 0 bridgehead atoms. The number of carbonyl (C=O) groups is 1. The van der Waals surface area contributed by atoms with Gasteiger partial charge >= 0.3 is 5.97 Å². The molecule has 0 amide bonds. The lowest BCUT2D eigenvalue weighted by Crippen LogP contribution is -2.40. The zero-order valence-corrected chi connectivity index (χ0v) is 27.6. The smallest absolute Gasteiger partial charge is 0.338 e. The van der Waals surface area contributed by atoms with Gasteiger partial charge < -0.3 is 18.9 Å². The van der Waals surface area contributed by atoms with Gasteiger partial charge in [0.25, 0.3) is 5.56 Å². The van der Waals surface area contributed by atoms with Crippen LogP contribution < -0.4 is 29.1 Å². The van der Waals surface area contributed by atoms with E-state index in [0.29, 0.717) is 59.9 Å². The van der Waals surface area contributed by atoms with Gasteiger partial charge in [-0.15, -0.1) is 0 Å². The molecule has 1 aliphatic rings. The molecule has 1 aliphatic heterocycles. The van der Waals surface area contributed by atoms with Crippen LogP contribution in [0.15, 0.2) is 81.7 Å². The molecule has 0 spiro atoms. The lowest BCUT2D eigenvalue weighted by molar-refractivity contribution is -0.139. The van der Waals surface area contributed by atoms with Crippen LogP contribution in [0, 0.1) is 0 Å². The third-order valence-electron chi connectivity index (χ3n) is 7.20. The van der Waals surface area contributed by atoms with Gasteiger partial charge in [-0.05, 0) is 61.4 Å². The number of allylic oxidation sites excluding steroid dienone is 1. The van der Waals surface area contributed by atoms with Crippen LogP contribution in [0.4, 0.5) is 0 Å². The highest BCUT2D eigenvalue weighted by Gasteiger charge is 2.36. The summed E-state index contributed by atoms with van der Waals surface area (Å²) in [5.74, 6) is 0.978. The van der Waals surface area contributed by atoms with Gasteiger partial charge in [0.1, 0.15) is 18.4 Å². The molecule has 4 aromatic rings. The Morgan fingerprint density at radius 3 is 2.47 bits per heavy atom. The Morgan fingerprint density at radius 2 is 1.76 bits per heavy atom. The quantitative estimate of drug-likeness (QED) is 0.170. The van der Waals surface area contributed by atoms with Gasteiger partial charge in [-0.3, -0.25) is 9.36 Å². The Hall–Kier alpha value is -4.05. The van der Waals surface area contributed by atoms with E-state index in [9.17, 15) is 9.59 Å². The van der Waals surface area contributed by atoms with Crippen LogP contribution in [0.5, 0.6) is 17.2 Å². The first-order chi connectivity index (χ1) is 21.8. The minimum Gasteiger partial charge on any atom is -0.496 e. The van der Waals surface area contributed by atoms with Crippen LogP contribution in [-0.4, -0.2) is 31.4 Å². The molecule has 1 atom stereocenters. The maximum Gasteiger partial charge on any atom is 0.338 e. The van der Waals surface area contributed by atoms with Crippen molar-refractivity contribution in [3.8, 4) is 17.2 Å². The number of halogens is 2. The molecule has 0 radical (unpaired) electrons. The fourth-order valence-corrected chi connectivity index (χ4v) is 6.54. The Bertz CT molecular complexity index is 1950. The van der Waals surface area contributed by atoms with Crippen molar-refractivity contribution in [2.24, 2.45) is 4.99 Å². The molecule has 0 N–H and O–H groups in total. The number of esters is 1. The fraction of sp³-hybridized carbons (Fsp3) is 0.265. The second-order valence-electron chi connectivity index (χ2n) is 10.1. The zero-order valence-electron chi connectivity index (χ0n) is 25.3. The van der Waals surface area contributed by atoms with E-state index in [1.54, 1.807) is 50.4 Å². The topological polar surface area (TPSA) is 88.4 Å². The molecule has 234 valence electrons. The molecular weight excluding hydrogens is 635 g/mol. The molecule has 0 saturated heterocycles. The summed E-state index contributed by atoms with van der Waals surface area (Å²) in [5, 5.41) is 1.06. The number of fused-ring (bicyclic) bond motifs is 1. The molecule has 3 aromatic carbocycles. The van der Waals surface area contributed by atoms with Crippen molar-refractivity contribution in [1.29, 1.82) is 0 Å². The van der Waals surface area contributed by atoms with Crippen molar-refractivity contribution < 1.29 is 23.7 Å². The van der Waals surface area contributed by atoms with Crippen molar-refractivity contribution in [2.75, 3.05) is 20.8 Å². The Morgan fingerprint density at radius 1 is 1.00 bits per heavy atom. The van der Waals surface area contributed by atoms with E-state index >= 15 is 0 Å². The summed E-state index contributed by atoms with van der Waals surface area (Å²) in [6.07, 6.45) is 3.02. The SMILES string of the molecule is CCCC1=C(C(=O)OCC)[C@H](c2cc(Cl)ccc2OC)n2c(s/c(=C/c3ccc(OCc4ccccc4Cl)c(OC)c3)c2=O)=N1. The summed E-state index contributed by atoms with van der Waals surface area (Å²) in [7, 11) is 3.09. The number of methoxy groups -OCH3 is 2. The van der Waals surface area contributed by atoms with Crippen LogP contribution in [0.1, 0.15) is 49.4 Å². The van der Waals surface area contributed by atoms with Crippen LogP contribution in [0.25, 0.3) is 6.08 Å². The summed E-state index contributed by atoms with van der Waals surface area (Å²) >= 11 is 14.0. The van der Waals surface area contributed by atoms with Crippen molar-refractivity contribution in [3.05, 3.63) is 118 Å². The Kier molecular flexibility index (Phi) is 10.3. The monoisotopic (exact) mass is 666 g/mol. The highest BCUT2D eigenvalue weighted by Crippen LogP contribution is 2.38. The maximum absolute atomic E-state index is 14.2. The number of hydrogen-bond acceptors (Lipinski definition) is 8. The molecule has 8 nitrogen and oxygen atoms in total. The Balaban J connectivity index is 1.62. The summed E-state index contributed by atoms with van der Waals surface area (Å²) in [6.45, 7) is 4.18. The first-order valence-corrected chi connectivity index (χ1v) is 16.0. The molecule has 11 heteroatoms. The third kappa shape index (κ3) is 6.81. The average Bonchev–Trinajstić information content (AvgIpc) is 3.34. The number of aromatic nitrogens is 1. The highest BCUT2D eigenvalue weighted by molar-refractivity contribution is 7.07. The number of hydrogen-bond donors (Lipinski definition) is 0. The van der Waals surface area contributed by atoms with E-state index in [2.05, 4.69) is 0 Å². The van der Waals surface area contributed by atoms with Crippen molar-refractivity contribution in [3.63, 3.8) is 0 Å². The Labute approximate surface area is 274 Å². The number of rotatable bonds is 11. The van der Waals surface area contributed by atoms with Gasteiger partial charge in [-0.1, -0.05) is 72.1 Å². The second kappa shape index (κ2) is 14.4. The lowest BCUT2D eigenvalue weighted by Gasteiger charge is -2.27. The highest BCUT2D eigenvalue weighted by atomic mass is 35.5. The van der Waals surface area contributed by atoms with E-state index < -0.39 is 12.0 Å². The molecule has 2 heterocycles. The predicted molar refractivity (Wildman–Crippen MR) is 176 cm³/mol. The largest absolute Gasteiger partial charge is 0.496 e. The lowest BCUT2D eigenvalue weighted by atomic mass is 9.93. The summed E-state index contributed by atoms with van der Waals surface area (Å²) < 4.78 is 24.7. The van der Waals surface area contributed by atoms with Gasteiger partial charge in [0.15, 0.2) is 16.3 Å². The average molecular weight is 668 g/mol. The van der Waals surface area contributed by atoms with E-state index in [0.717, 1.165) is 17.5 Å². The normalized spacial score (nSPS) is 14.5. The van der Waals surface area contributed by atoms with Crippen LogP contribution in [-0.2, 0) is 16.1 Å². The van der Waals surface area contributed by atoms with Crippen molar-refractivity contribution in [2.45, 2.75) is 39.3 Å². The first-order valence-electron chi connectivity index (χ1n) is 14.4. The number of thiazole rings is 1. The van der Waals surface area contributed by atoms with E-state index in [1.807, 2.05) is 37.3 Å². The van der Waals surface area contributed by atoms with Crippen LogP contribution in [0.2, 0.25) is 10.0 Å². The van der Waals surface area contributed by atoms with Gasteiger partial charge in [0.2, 0.25) is 0 Å². The van der Waals surface area contributed by atoms with E-state index in [4.69, 9.17) is 47.1 Å². The third-order valence-corrected chi connectivity index (χ3v) is 8.79. The first kappa shape index (κ1) is 32.3. The molecule has 0 fully saturated rings. The summed E-state index contributed by atoms with van der Waals surface area (Å²) in [6, 6.07) is 17.2. The molecular formula is C34H32Cl2N2O6S. The number of nitrogens with zero attached hydrogens (tertiary/aromatic N) is 2. The second-order valence-corrected chi connectivity index (χ2v) is 11.9. The van der Waals surface area contributed by atoms with Gasteiger partial charge in [-0.25, -0.2) is 9.79 Å². The number of benzene rings is 3. The standard InChI is InChI=1S/C34H32Cl2N2O6S/c1-5-9-25-30(33(40)43-6-2)31(23-18-22(35)13-15-26(23)41-3)38-32(39)29(45-34(38)37-25)17-20-12-14-27(28(16-20)42-4)44-19-21-10-7-8-11-24(21)36/h7-8,10-18,31H,5-6,9,19H2,1-4H3/b29-17+/t31-/m0/s1. The van der Waals surface area contributed by atoms with Crippen LogP contribution >= 0.6 is 34.5 Å². The molecule has 5 rings (SSSR count). The molecule has 0 unspecified atom stereocenters. The number of carbonyl (C=O) groups excluding carboxylic acids is 1. The fourth-order valence-electron chi connectivity index (χ4n) is 5.15. The summed E-state index contributed by atoms with van der Waals surface area (Å²) in [5.41, 5.74) is 2.67. The predicted octanol–water partition coefficient (Wildman–Crippen LogP) is 6.48. The summed E-state index contributed by atoms with van der Waals surface area (Å²) in [4.78, 5) is 32.9. The van der Waals surface area contributed by atoms with Gasteiger partial charge in [0, 0.05) is 21.2 Å². The minimum atomic E-state index is -0.854. The zero-order chi connectivity index (χ0) is 32.1. The van der Waals surface area contributed by atoms with Crippen LogP contribution in [0.3, 0.4) is 0 Å². The molecule has 1 aromatic heterocycles. The minimum absolute atomic E-state index is 0.172. The maximum atomic E-state index is 14.2. The van der Waals surface area contributed by atoms with Crippen molar-refractivity contribution >= 4 is 46.6 Å². The van der Waals surface area contributed by atoms with Crippen molar-refractivity contribution in [1.82, 2.24) is 4.57 Å². The molecule has 0 saturated carbocycles. The van der Waals surface area contributed by atoms with Gasteiger partial charge in [0.05, 0.1) is 36.6 Å². The molecule has 45 heavy (non-hydrogen) atoms.